The van der Waals surface area contributed by atoms with Crippen LogP contribution in [0, 0.1) is 17.1 Å². The smallest absolute Gasteiger partial charge is 0.204 e. The molecule has 5 heteroatoms. The normalized spacial score (nSPS) is 9.76. The van der Waals surface area contributed by atoms with E-state index in [0.29, 0.717) is 11.3 Å². The van der Waals surface area contributed by atoms with Gasteiger partial charge >= 0.3 is 0 Å². The summed E-state index contributed by atoms with van der Waals surface area (Å²) in [7, 11) is 1.40. The molecule has 0 bridgehead atoms. The first-order valence-corrected chi connectivity index (χ1v) is 6.14. The minimum absolute atomic E-state index is 0.104. The standard InChI is InChI=1S/C16H12FNO3/c1-20-16-7-6-12(17)8-13(16)14(19)10-21-15-5-3-2-4-11(15)9-18/h2-8H,10H2,1H3. The number of methoxy groups -OCH3 is 1. The molecule has 2 aromatic carbocycles. The van der Waals surface area contributed by atoms with Crippen LogP contribution in [0.5, 0.6) is 11.5 Å². The molecule has 0 fully saturated rings. The third-order valence-electron chi connectivity index (χ3n) is 2.83. The number of ether oxygens (including phenoxy) is 2. The fourth-order valence-electron chi connectivity index (χ4n) is 1.80. The van der Waals surface area contributed by atoms with Gasteiger partial charge in [-0.15, -0.1) is 0 Å². The second-order valence-corrected chi connectivity index (χ2v) is 4.16. The Bertz CT molecular complexity index is 707. The van der Waals surface area contributed by atoms with Gasteiger partial charge in [-0.1, -0.05) is 12.1 Å². The van der Waals surface area contributed by atoms with Crippen molar-refractivity contribution in [2.75, 3.05) is 13.7 Å². The Morgan fingerprint density at radius 3 is 2.71 bits per heavy atom. The number of carbonyl (C=O) groups is 1. The maximum Gasteiger partial charge on any atom is 0.204 e. The topological polar surface area (TPSA) is 59.3 Å². The number of benzene rings is 2. The van der Waals surface area contributed by atoms with Gasteiger partial charge in [0, 0.05) is 0 Å². The Morgan fingerprint density at radius 2 is 2.00 bits per heavy atom. The largest absolute Gasteiger partial charge is 0.496 e. The molecule has 0 atom stereocenters. The molecule has 0 saturated heterocycles. The van der Waals surface area contributed by atoms with Gasteiger partial charge in [-0.05, 0) is 30.3 Å². The Balaban J connectivity index is 2.16. The average molecular weight is 285 g/mol. The average Bonchev–Trinajstić information content (AvgIpc) is 2.52. The number of para-hydroxylation sites is 1. The molecule has 0 amide bonds. The number of hydrogen-bond acceptors (Lipinski definition) is 4. The van der Waals surface area contributed by atoms with Crippen molar-refractivity contribution in [2.24, 2.45) is 0 Å². The Hall–Kier alpha value is -2.87. The summed E-state index contributed by atoms with van der Waals surface area (Å²) < 4.78 is 23.6. The molecule has 0 N–H and O–H groups in total. The fourth-order valence-corrected chi connectivity index (χ4v) is 1.80. The van der Waals surface area contributed by atoms with Crippen molar-refractivity contribution in [2.45, 2.75) is 0 Å². The van der Waals surface area contributed by atoms with Gasteiger partial charge in [0.2, 0.25) is 5.78 Å². The van der Waals surface area contributed by atoms with Crippen molar-refractivity contribution in [3.8, 4) is 17.6 Å². The summed E-state index contributed by atoms with van der Waals surface area (Å²) in [6, 6.07) is 12.2. The van der Waals surface area contributed by atoms with Crippen molar-refractivity contribution in [3.63, 3.8) is 0 Å². The number of carbonyl (C=O) groups excluding carboxylic acids is 1. The second-order valence-electron chi connectivity index (χ2n) is 4.16. The molecule has 0 aliphatic carbocycles. The van der Waals surface area contributed by atoms with Gasteiger partial charge in [0.05, 0.1) is 18.2 Å². The molecule has 0 aliphatic heterocycles. The molecule has 4 nitrogen and oxygen atoms in total. The second kappa shape index (κ2) is 6.53. The van der Waals surface area contributed by atoms with Crippen molar-refractivity contribution < 1.29 is 18.7 Å². The number of ketones is 1. The van der Waals surface area contributed by atoms with Crippen LogP contribution in [0.25, 0.3) is 0 Å². The molecule has 2 aromatic rings. The number of nitrogens with zero attached hydrogens (tertiary/aromatic N) is 1. The highest BCUT2D eigenvalue weighted by Gasteiger charge is 2.15. The van der Waals surface area contributed by atoms with Crippen LogP contribution in [0.3, 0.4) is 0 Å². The van der Waals surface area contributed by atoms with Crippen molar-refractivity contribution >= 4 is 5.78 Å². The van der Waals surface area contributed by atoms with E-state index in [1.807, 2.05) is 6.07 Å². The molecule has 0 spiro atoms. The van der Waals surface area contributed by atoms with Gasteiger partial charge < -0.3 is 9.47 Å². The lowest BCUT2D eigenvalue weighted by Crippen LogP contribution is -2.13. The van der Waals surface area contributed by atoms with Crippen LogP contribution in [0.4, 0.5) is 4.39 Å². The zero-order valence-electron chi connectivity index (χ0n) is 11.3. The molecule has 0 radical (unpaired) electrons. The van der Waals surface area contributed by atoms with E-state index in [2.05, 4.69) is 0 Å². The molecular weight excluding hydrogens is 273 g/mol. The highest BCUT2D eigenvalue weighted by atomic mass is 19.1. The number of Topliss-reactive ketones (excluding diaryl/α,β-unsaturated/α-hetero) is 1. The molecule has 0 aliphatic rings. The van der Waals surface area contributed by atoms with E-state index in [-0.39, 0.29) is 17.9 Å². The maximum absolute atomic E-state index is 13.2. The predicted molar refractivity (Wildman–Crippen MR) is 73.9 cm³/mol. The fraction of sp³-hybridized carbons (Fsp3) is 0.125. The molecule has 21 heavy (non-hydrogen) atoms. The zero-order chi connectivity index (χ0) is 15.2. The van der Waals surface area contributed by atoms with Crippen molar-refractivity contribution in [1.82, 2.24) is 0 Å². The maximum atomic E-state index is 13.2. The summed E-state index contributed by atoms with van der Waals surface area (Å²) in [5, 5.41) is 8.93. The number of rotatable bonds is 5. The minimum atomic E-state index is -0.531. The number of hydrogen-bond donors (Lipinski definition) is 0. The highest BCUT2D eigenvalue weighted by molar-refractivity contribution is 5.99. The summed E-state index contributed by atoms with van der Waals surface area (Å²) in [6.45, 7) is -0.307. The quantitative estimate of drug-likeness (QED) is 0.792. The van der Waals surface area contributed by atoms with E-state index in [0.717, 1.165) is 6.07 Å². The first-order valence-electron chi connectivity index (χ1n) is 6.14. The first-order chi connectivity index (χ1) is 10.2. The van der Waals surface area contributed by atoms with Crippen LogP contribution in [-0.4, -0.2) is 19.5 Å². The van der Waals surface area contributed by atoms with E-state index in [4.69, 9.17) is 14.7 Å². The molecule has 0 unspecified atom stereocenters. The van der Waals surface area contributed by atoms with E-state index in [1.165, 1.54) is 19.2 Å². The monoisotopic (exact) mass is 285 g/mol. The van der Waals surface area contributed by atoms with Crippen molar-refractivity contribution in [1.29, 1.82) is 5.26 Å². The summed E-state index contributed by atoms with van der Waals surface area (Å²) >= 11 is 0. The molecule has 0 saturated carbocycles. The molecular formula is C16H12FNO3. The Morgan fingerprint density at radius 1 is 1.24 bits per heavy atom. The number of halogens is 1. The van der Waals surface area contributed by atoms with Gasteiger partial charge in [-0.25, -0.2) is 4.39 Å². The molecule has 0 aromatic heterocycles. The van der Waals surface area contributed by atoms with E-state index in [1.54, 1.807) is 24.3 Å². The summed E-state index contributed by atoms with van der Waals surface area (Å²) in [5.74, 6) is -0.377. The highest BCUT2D eigenvalue weighted by Crippen LogP contribution is 2.21. The van der Waals surface area contributed by atoms with Crippen LogP contribution < -0.4 is 9.47 Å². The Labute approximate surface area is 121 Å². The lowest BCUT2D eigenvalue weighted by molar-refractivity contribution is 0.0918. The SMILES string of the molecule is COc1ccc(F)cc1C(=O)COc1ccccc1C#N. The van der Waals surface area contributed by atoms with E-state index < -0.39 is 11.6 Å². The van der Waals surface area contributed by atoms with Gasteiger partial charge in [-0.3, -0.25) is 4.79 Å². The molecule has 106 valence electrons. The number of nitriles is 1. The van der Waals surface area contributed by atoms with E-state index in [9.17, 15) is 9.18 Å². The molecule has 0 heterocycles. The first kappa shape index (κ1) is 14.5. The minimum Gasteiger partial charge on any atom is -0.496 e. The van der Waals surface area contributed by atoms with Crippen LogP contribution in [0.2, 0.25) is 0 Å². The van der Waals surface area contributed by atoms with Crippen molar-refractivity contribution in [3.05, 3.63) is 59.4 Å². The third kappa shape index (κ3) is 3.37. The van der Waals surface area contributed by atoms with Crippen LogP contribution >= 0.6 is 0 Å². The zero-order valence-corrected chi connectivity index (χ0v) is 11.3. The molecule has 2 rings (SSSR count). The summed E-state index contributed by atoms with van der Waals surface area (Å²) in [6.07, 6.45) is 0. The van der Waals surface area contributed by atoms with Crippen LogP contribution in [0.1, 0.15) is 15.9 Å². The lowest BCUT2D eigenvalue weighted by Gasteiger charge is -2.09. The Kier molecular flexibility index (Phi) is 4.52. The van der Waals surface area contributed by atoms with Crippen LogP contribution in [-0.2, 0) is 0 Å². The third-order valence-corrected chi connectivity index (χ3v) is 2.83. The van der Waals surface area contributed by atoms with Gasteiger partial charge in [0.1, 0.15) is 23.4 Å². The lowest BCUT2D eigenvalue weighted by atomic mass is 10.1. The summed E-state index contributed by atoms with van der Waals surface area (Å²) in [4.78, 5) is 12.1. The van der Waals surface area contributed by atoms with Gasteiger partial charge in [-0.2, -0.15) is 5.26 Å². The summed E-state index contributed by atoms with van der Waals surface area (Å²) in [5.41, 5.74) is 0.434. The van der Waals surface area contributed by atoms with Gasteiger partial charge in [0.15, 0.2) is 6.61 Å². The predicted octanol–water partition coefficient (Wildman–Crippen LogP) is 2.97. The van der Waals surface area contributed by atoms with Gasteiger partial charge in [0.25, 0.3) is 0 Å². The van der Waals surface area contributed by atoms with E-state index >= 15 is 0 Å². The van der Waals surface area contributed by atoms with Crippen LogP contribution in [0.15, 0.2) is 42.5 Å².